The standard InChI is InChI=1S/2C29H45BN3Si.Pb/c2*1-20(2)24-14-12-15-25(21(3)4)28(24)32-18-19-33(30(32)31-34(9,10)11)29-26(22(5)6)16-13-17-27(29)23(7)8;/h2*12-23H,1-11H3;/q2*-1;+2. The van der Waals surface area contributed by atoms with E-state index in [-0.39, 0.29) is 14.2 Å². The number of anilines is 4. The first-order valence-electron chi connectivity index (χ1n) is 26.6. The second-order valence-electron chi connectivity index (χ2n) is 24.5. The van der Waals surface area contributed by atoms with E-state index in [1.807, 2.05) is 0 Å². The number of benzene rings is 4. The van der Waals surface area contributed by atoms with Crippen molar-refractivity contribution in [3.8, 4) is 0 Å². The van der Waals surface area contributed by atoms with E-state index in [1.54, 1.807) is 0 Å². The van der Waals surface area contributed by atoms with Gasteiger partial charge in [0, 0.05) is 0 Å². The summed E-state index contributed by atoms with van der Waals surface area (Å²) in [5.41, 5.74) is 17.0. The van der Waals surface area contributed by atoms with Crippen LogP contribution in [0.1, 0.15) is 203 Å². The van der Waals surface area contributed by atoms with Crippen LogP contribution >= 0.6 is 0 Å². The molecule has 0 bridgehead atoms. The zero-order valence-corrected chi connectivity index (χ0v) is 53.1. The Morgan fingerprint density at radius 2 is 0.478 bits per heavy atom. The van der Waals surface area contributed by atoms with Gasteiger partial charge in [-0.05, 0) is 0 Å². The minimum atomic E-state index is -2.17. The van der Waals surface area contributed by atoms with Crippen molar-refractivity contribution < 1.29 is 0 Å². The van der Waals surface area contributed by atoms with Crippen molar-refractivity contribution in [3.63, 3.8) is 0 Å². The fourth-order valence-electron chi connectivity index (χ4n) is 10.6. The molecule has 2 heterocycles. The molecule has 11 heteroatoms. The Balaban J connectivity index is 1.72. The van der Waals surface area contributed by atoms with Crippen LogP contribution in [0.5, 0.6) is 0 Å². The molecule has 0 amide bonds. The van der Waals surface area contributed by atoms with Crippen molar-refractivity contribution in [3.05, 3.63) is 142 Å². The van der Waals surface area contributed by atoms with Gasteiger partial charge in [-0.15, -0.1) is 0 Å². The van der Waals surface area contributed by atoms with Gasteiger partial charge in [-0.2, -0.15) is 0 Å². The van der Waals surface area contributed by atoms with Crippen LogP contribution in [-0.4, -0.2) is 60.1 Å². The fraction of sp³-hybridized carbons (Fsp3) is 0.517. The quantitative estimate of drug-likeness (QED) is 0.0919. The maximum atomic E-state index is 3.19. The van der Waals surface area contributed by atoms with Crippen LogP contribution in [0.4, 0.5) is 22.7 Å². The Kier molecular flexibility index (Phi) is 17.6. The Bertz CT molecular complexity index is 2050. The van der Waals surface area contributed by atoms with Gasteiger partial charge in [-0.3, -0.25) is 0 Å². The first kappa shape index (κ1) is 55.3. The van der Waals surface area contributed by atoms with Crippen LogP contribution in [0, 0.1) is 0 Å². The van der Waals surface area contributed by atoms with Crippen molar-refractivity contribution in [2.24, 2.45) is 0 Å². The second-order valence-corrected chi connectivity index (χ2v) is 42.1. The van der Waals surface area contributed by atoms with Crippen LogP contribution in [0.2, 0.25) is 39.3 Å². The van der Waals surface area contributed by atoms with E-state index >= 15 is 0 Å². The van der Waals surface area contributed by atoms with E-state index < -0.39 is 41.3 Å². The van der Waals surface area contributed by atoms with Gasteiger partial charge in [-0.25, -0.2) is 0 Å². The normalized spacial score (nSPS) is 15.0. The molecule has 0 saturated carbocycles. The van der Waals surface area contributed by atoms with Crippen LogP contribution in [0.15, 0.2) is 97.6 Å². The number of hydrogen-bond donors (Lipinski definition) is 0. The molecule has 370 valence electrons. The topological polar surface area (TPSA) is 19.4 Å². The third-order valence-corrected chi connectivity index (χ3v) is 38.5. The molecule has 0 fully saturated rings. The van der Waals surface area contributed by atoms with Crippen molar-refractivity contribution in [1.82, 2.24) is 4.57 Å². The van der Waals surface area contributed by atoms with E-state index in [0.29, 0.717) is 47.3 Å². The van der Waals surface area contributed by atoms with Crippen molar-refractivity contribution in [2.45, 2.75) is 197 Å². The third kappa shape index (κ3) is 11.3. The molecule has 6 rings (SSSR count). The van der Waals surface area contributed by atoms with Crippen LogP contribution in [0.25, 0.3) is 0 Å². The molecule has 4 aromatic carbocycles. The van der Waals surface area contributed by atoms with Crippen LogP contribution < -0.4 is 19.2 Å². The summed E-state index contributed by atoms with van der Waals surface area (Å²) in [6, 6.07) is 28.5. The van der Waals surface area contributed by atoms with Crippen LogP contribution in [0.3, 0.4) is 0 Å². The zero-order valence-electron chi connectivity index (χ0n) is 47.2. The van der Waals surface area contributed by atoms with Crippen molar-refractivity contribution in [2.75, 3.05) is 19.2 Å². The zero-order chi connectivity index (χ0) is 51.2. The SMILES string of the molecule is CC(C)c1cccc(C(C)C)c1N1C=CN(c2c(C(C)C)cccc2C(C)C)B1[N]([Pb][N](B1N(c2c(C(C)C)cccc2C(C)C)C=CN1c1c(C(C)C)cccc1C(C)C)[Si](C)(C)C)[Si](C)(C)C. The Hall–Kier alpha value is -3.03. The summed E-state index contributed by atoms with van der Waals surface area (Å²) in [5, 5.41) is 0. The minimum absolute atomic E-state index is 0.0201. The Labute approximate surface area is 438 Å². The predicted molar refractivity (Wildman–Crippen MR) is 314 cm³/mol. The summed E-state index contributed by atoms with van der Waals surface area (Å²) in [4.78, 5) is 11.0. The average Bonchev–Trinajstić information content (AvgIpc) is 3.89. The summed E-state index contributed by atoms with van der Waals surface area (Å²) >= 11 is -2.12. The third-order valence-electron chi connectivity index (χ3n) is 14.3. The summed E-state index contributed by atoms with van der Waals surface area (Å²) in [6.07, 6.45) is 9.91. The molecule has 0 aromatic heterocycles. The first-order chi connectivity index (χ1) is 32.2. The number of nitrogens with zero attached hydrogens (tertiary/aromatic N) is 6. The molecule has 2 aliphatic heterocycles. The maximum absolute atomic E-state index is 3.19. The molecule has 0 aliphatic carbocycles. The van der Waals surface area contributed by atoms with E-state index in [2.05, 4.69) is 271 Å². The van der Waals surface area contributed by atoms with Gasteiger partial charge in [-0.1, -0.05) is 0 Å². The molecule has 2 radical (unpaired) electrons. The van der Waals surface area contributed by atoms with E-state index in [0.717, 1.165) is 0 Å². The van der Waals surface area contributed by atoms with Crippen molar-refractivity contribution >= 4 is 78.3 Å². The fourth-order valence-corrected chi connectivity index (χ4v) is 26.5. The van der Waals surface area contributed by atoms with Gasteiger partial charge in [0.25, 0.3) is 0 Å². The molecule has 4 aromatic rings. The Morgan fingerprint density at radius 3 is 0.609 bits per heavy atom. The summed E-state index contributed by atoms with van der Waals surface area (Å²) in [7, 11) is -4.38. The summed E-state index contributed by atoms with van der Waals surface area (Å²) in [6.45, 7) is 54.1. The van der Waals surface area contributed by atoms with E-state index in [1.165, 1.54) is 67.3 Å². The van der Waals surface area contributed by atoms with Gasteiger partial charge in [0.15, 0.2) is 0 Å². The summed E-state index contributed by atoms with van der Waals surface area (Å²) in [5.74, 6) is 2.97. The molecule has 0 saturated heterocycles. The number of para-hydroxylation sites is 4. The molecule has 0 unspecified atom stereocenters. The summed E-state index contributed by atoms with van der Waals surface area (Å²) < 4.78 is 6.38. The molecule has 0 atom stereocenters. The molecule has 2 aliphatic rings. The van der Waals surface area contributed by atoms with Gasteiger partial charge < -0.3 is 0 Å². The van der Waals surface area contributed by atoms with Gasteiger partial charge in [0.2, 0.25) is 0 Å². The van der Waals surface area contributed by atoms with E-state index in [9.17, 15) is 0 Å². The molecular weight excluding hydrogens is 1070 g/mol. The Morgan fingerprint density at radius 1 is 0.319 bits per heavy atom. The molecular formula is C58H90B2N6PbSi2. The molecule has 0 spiro atoms. The second kappa shape index (κ2) is 22.0. The average molecular weight is 1160 g/mol. The molecule has 69 heavy (non-hydrogen) atoms. The van der Waals surface area contributed by atoms with Gasteiger partial charge >= 0.3 is 442 Å². The van der Waals surface area contributed by atoms with E-state index in [4.69, 9.17) is 0 Å². The number of rotatable bonds is 18. The van der Waals surface area contributed by atoms with Gasteiger partial charge in [0.1, 0.15) is 0 Å². The molecule has 0 N–H and O–H groups in total. The van der Waals surface area contributed by atoms with Gasteiger partial charge in [0.05, 0.1) is 0 Å². The molecule has 6 nitrogen and oxygen atoms in total. The first-order valence-corrected chi connectivity index (χ1v) is 36.9. The van der Waals surface area contributed by atoms with Crippen LogP contribution in [-0.2, 0) is 0 Å². The predicted octanol–water partition coefficient (Wildman–Crippen LogP) is 16.7. The number of hydrogen-bond acceptors (Lipinski definition) is 6. The van der Waals surface area contributed by atoms with Crippen molar-refractivity contribution in [1.29, 1.82) is 0 Å². The monoisotopic (exact) mass is 1160 g/mol.